The van der Waals surface area contributed by atoms with E-state index in [1.54, 1.807) is 0 Å². The summed E-state index contributed by atoms with van der Waals surface area (Å²) < 4.78 is 0. The quantitative estimate of drug-likeness (QED) is 0.659. The van der Waals surface area contributed by atoms with Crippen LogP contribution in [0.4, 0.5) is 0 Å². The van der Waals surface area contributed by atoms with E-state index in [1.165, 1.54) is 19.3 Å². The number of carbonyl (C=O) groups is 1. The maximum Gasteiger partial charge on any atom is 0.220 e. The maximum atomic E-state index is 10.7. The first-order chi connectivity index (χ1) is 5.09. The van der Waals surface area contributed by atoms with Crippen molar-refractivity contribution < 1.29 is 4.79 Å². The van der Waals surface area contributed by atoms with E-state index in [1.807, 2.05) is 6.92 Å². The molecule has 0 spiro atoms. The molecule has 0 saturated heterocycles. The average molecular weight is 155 g/mol. The van der Waals surface area contributed by atoms with Crippen LogP contribution in [0.25, 0.3) is 0 Å². The fraction of sp³-hybridized carbons (Fsp3) is 0.889. The van der Waals surface area contributed by atoms with Gasteiger partial charge < -0.3 is 5.73 Å². The van der Waals surface area contributed by atoms with Crippen molar-refractivity contribution in [1.29, 1.82) is 0 Å². The predicted octanol–water partition coefficient (Wildman–Crippen LogP) is 1.69. The van der Waals surface area contributed by atoms with Crippen molar-refractivity contribution in [2.75, 3.05) is 0 Å². The Morgan fingerprint density at radius 3 is 2.45 bits per heavy atom. The largest absolute Gasteiger partial charge is 0.369 e. The van der Waals surface area contributed by atoms with Crippen molar-refractivity contribution in [1.82, 2.24) is 0 Å². The minimum atomic E-state index is -0.148. The molecule has 0 heterocycles. The number of nitrogens with two attached hydrogens (primary N) is 1. The van der Waals surface area contributed by atoms with Gasteiger partial charge in [-0.3, -0.25) is 4.79 Å². The molecule has 1 aliphatic rings. The fourth-order valence-corrected chi connectivity index (χ4v) is 1.63. The van der Waals surface area contributed by atoms with Gasteiger partial charge in [-0.15, -0.1) is 0 Å². The lowest BCUT2D eigenvalue weighted by atomic mass is 9.90. The van der Waals surface area contributed by atoms with Crippen LogP contribution in [-0.2, 0) is 4.79 Å². The number of rotatable bonds is 4. The molecule has 1 amide bonds. The van der Waals surface area contributed by atoms with Gasteiger partial charge in [0.25, 0.3) is 0 Å². The minimum Gasteiger partial charge on any atom is -0.369 e. The lowest BCUT2D eigenvalue weighted by molar-refractivity contribution is -0.121. The average Bonchev–Trinajstić information content (AvgIpc) is 2.69. The smallest absolute Gasteiger partial charge is 0.220 e. The zero-order valence-electron chi connectivity index (χ0n) is 7.39. The monoisotopic (exact) mass is 155 g/mol. The van der Waals surface area contributed by atoms with E-state index in [-0.39, 0.29) is 11.8 Å². The lowest BCUT2D eigenvalue weighted by Gasteiger charge is -2.15. The molecule has 64 valence electrons. The third kappa shape index (κ3) is 1.95. The van der Waals surface area contributed by atoms with Crippen LogP contribution in [-0.4, -0.2) is 5.91 Å². The molecule has 1 rings (SSSR count). The Morgan fingerprint density at radius 1 is 1.64 bits per heavy atom. The minimum absolute atomic E-state index is 0.0671. The molecule has 1 saturated carbocycles. The second-order valence-electron chi connectivity index (χ2n) is 3.86. The Labute approximate surface area is 68.2 Å². The molecular weight excluding hydrogens is 138 g/mol. The Hall–Kier alpha value is -0.530. The Balaban J connectivity index is 2.35. The van der Waals surface area contributed by atoms with Crippen LogP contribution in [0, 0.1) is 11.3 Å². The van der Waals surface area contributed by atoms with Crippen LogP contribution >= 0.6 is 0 Å². The van der Waals surface area contributed by atoms with Gasteiger partial charge in [0, 0.05) is 5.92 Å². The van der Waals surface area contributed by atoms with Gasteiger partial charge in [-0.2, -0.15) is 0 Å². The van der Waals surface area contributed by atoms with Crippen molar-refractivity contribution in [3.63, 3.8) is 0 Å². The molecule has 0 bridgehead atoms. The van der Waals surface area contributed by atoms with E-state index >= 15 is 0 Å². The summed E-state index contributed by atoms with van der Waals surface area (Å²) in [6.45, 7) is 4.12. The van der Waals surface area contributed by atoms with Crippen LogP contribution < -0.4 is 5.73 Å². The second kappa shape index (κ2) is 2.84. The number of amides is 1. The highest BCUT2D eigenvalue weighted by Gasteiger charge is 2.42. The van der Waals surface area contributed by atoms with Gasteiger partial charge in [0.05, 0.1) is 0 Å². The number of primary amides is 1. The molecule has 11 heavy (non-hydrogen) atoms. The SMILES string of the molecule is CCC1(CC(C)C(N)=O)CC1. The molecular formula is C9H17NO. The third-order valence-electron chi connectivity index (χ3n) is 2.93. The van der Waals surface area contributed by atoms with E-state index in [0.29, 0.717) is 5.41 Å². The molecule has 2 heteroatoms. The van der Waals surface area contributed by atoms with Gasteiger partial charge in [0.2, 0.25) is 5.91 Å². The molecule has 0 aromatic rings. The predicted molar refractivity (Wildman–Crippen MR) is 44.9 cm³/mol. The van der Waals surface area contributed by atoms with Gasteiger partial charge in [-0.1, -0.05) is 20.3 Å². The van der Waals surface area contributed by atoms with Gasteiger partial charge in [-0.25, -0.2) is 0 Å². The van der Waals surface area contributed by atoms with Crippen LogP contribution in [0.1, 0.15) is 39.5 Å². The number of hydrogen-bond acceptors (Lipinski definition) is 1. The molecule has 1 fully saturated rings. The topological polar surface area (TPSA) is 43.1 Å². The molecule has 0 aliphatic heterocycles. The molecule has 0 aromatic heterocycles. The van der Waals surface area contributed by atoms with Gasteiger partial charge in [-0.05, 0) is 24.7 Å². The number of hydrogen-bond donors (Lipinski definition) is 1. The van der Waals surface area contributed by atoms with Crippen molar-refractivity contribution in [2.45, 2.75) is 39.5 Å². The molecule has 2 nitrogen and oxygen atoms in total. The first-order valence-corrected chi connectivity index (χ1v) is 4.39. The maximum absolute atomic E-state index is 10.7. The van der Waals surface area contributed by atoms with Crippen LogP contribution in [0.5, 0.6) is 0 Å². The summed E-state index contributed by atoms with van der Waals surface area (Å²) in [6.07, 6.45) is 4.78. The summed E-state index contributed by atoms with van der Waals surface area (Å²) in [5.74, 6) is -0.0813. The second-order valence-corrected chi connectivity index (χ2v) is 3.86. The Morgan fingerprint density at radius 2 is 2.18 bits per heavy atom. The van der Waals surface area contributed by atoms with E-state index in [2.05, 4.69) is 6.92 Å². The summed E-state index contributed by atoms with van der Waals surface area (Å²) in [5, 5.41) is 0. The van der Waals surface area contributed by atoms with Gasteiger partial charge in [0.15, 0.2) is 0 Å². The first kappa shape index (κ1) is 8.57. The summed E-state index contributed by atoms with van der Waals surface area (Å²) in [6, 6.07) is 0. The standard InChI is InChI=1S/C9H17NO/c1-3-9(4-5-9)6-7(2)8(10)11/h7H,3-6H2,1-2H3,(H2,10,11). The van der Waals surface area contributed by atoms with E-state index in [4.69, 9.17) is 5.73 Å². The fourth-order valence-electron chi connectivity index (χ4n) is 1.63. The molecule has 1 aliphatic carbocycles. The van der Waals surface area contributed by atoms with Crippen LogP contribution in [0.15, 0.2) is 0 Å². The zero-order chi connectivity index (χ0) is 8.48. The summed E-state index contributed by atoms with van der Waals surface area (Å²) >= 11 is 0. The Kier molecular flexibility index (Phi) is 2.21. The highest BCUT2D eigenvalue weighted by Crippen LogP contribution is 2.53. The van der Waals surface area contributed by atoms with E-state index in [9.17, 15) is 4.79 Å². The molecule has 0 radical (unpaired) electrons. The van der Waals surface area contributed by atoms with Crippen molar-refractivity contribution in [2.24, 2.45) is 17.1 Å². The third-order valence-corrected chi connectivity index (χ3v) is 2.93. The molecule has 2 N–H and O–H groups in total. The normalized spacial score (nSPS) is 22.7. The summed E-state index contributed by atoms with van der Waals surface area (Å²) in [4.78, 5) is 10.7. The Bertz CT molecular complexity index is 161. The first-order valence-electron chi connectivity index (χ1n) is 4.39. The van der Waals surface area contributed by atoms with Gasteiger partial charge in [0.1, 0.15) is 0 Å². The van der Waals surface area contributed by atoms with Crippen LogP contribution in [0.3, 0.4) is 0 Å². The van der Waals surface area contributed by atoms with E-state index in [0.717, 1.165) is 6.42 Å². The summed E-state index contributed by atoms with van der Waals surface area (Å²) in [7, 11) is 0. The summed E-state index contributed by atoms with van der Waals surface area (Å²) in [5.41, 5.74) is 5.68. The lowest BCUT2D eigenvalue weighted by Crippen LogP contribution is -2.23. The van der Waals surface area contributed by atoms with E-state index < -0.39 is 0 Å². The van der Waals surface area contributed by atoms with Crippen molar-refractivity contribution >= 4 is 5.91 Å². The van der Waals surface area contributed by atoms with Crippen molar-refractivity contribution in [3.8, 4) is 0 Å². The molecule has 1 unspecified atom stereocenters. The highest BCUT2D eigenvalue weighted by molar-refractivity contribution is 5.76. The van der Waals surface area contributed by atoms with Crippen molar-refractivity contribution in [3.05, 3.63) is 0 Å². The zero-order valence-corrected chi connectivity index (χ0v) is 7.39. The van der Waals surface area contributed by atoms with Crippen LogP contribution in [0.2, 0.25) is 0 Å². The molecule has 1 atom stereocenters. The molecule has 0 aromatic carbocycles. The van der Waals surface area contributed by atoms with Gasteiger partial charge >= 0.3 is 0 Å². The number of carbonyl (C=O) groups excluding carboxylic acids is 1. The highest BCUT2D eigenvalue weighted by atomic mass is 16.1.